The Morgan fingerprint density at radius 2 is 2.00 bits per heavy atom. The zero-order valence-corrected chi connectivity index (χ0v) is 13.9. The van der Waals surface area contributed by atoms with E-state index in [4.69, 9.17) is 10.5 Å². The monoisotopic (exact) mass is 342 g/mol. The number of benzene rings is 2. The maximum atomic E-state index is 12.9. The molecule has 3 rings (SSSR count). The molecule has 0 saturated carbocycles. The molecule has 0 fully saturated rings. The van der Waals surface area contributed by atoms with Crippen LogP contribution >= 0.6 is 0 Å². The summed E-state index contributed by atoms with van der Waals surface area (Å²) in [7, 11) is 0. The van der Waals surface area contributed by atoms with Gasteiger partial charge < -0.3 is 15.4 Å². The number of amides is 2. The number of hydrogen-bond acceptors (Lipinski definition) is 3. The Kier molecular flexibility index (Phi) is 4.70. The minimum absolute atomic E-state index is 0.197. The molecule has 0 spiro atoms. The van der Waals surface area contributed by atoms with Gasteiger partial charge in [0.1, 0.15) is 24.2 Å². The summed E-state index contributed by atoms with van der Waals surface area (Å²) in [6, 6.07) is 10.7. The quantitative estimate of drug-likeness (QED) is 0.906. The number of primary amides is 1. The fourth-order valence-corrected chi connectivity index (χ4v) is 2.84. The lowest BCUT2D eigenvalue weighted by molar-refractivity contribution is -0.122. The molecule has 1 heterocycles. The molecular formula is C19H19FN2O3. The van der Waals surface area contributed by atoms with Crippen LogP contribution in [0, 0.1) is 5.82 Å². The van der Waals surface area contributed by atoms with Gasteiger partial charge in [-0.25, -0.2) is 4.39 Å². The van der Waals surface area contributed by atoms with Crippen molar-refractivity contribution in [2.24, 2.45) is 5.73 Å². The van der Waals surface area contributed by atoms with Crippen LogP contribution in [-0.4, -0.2) is 29.3 Å². The number of halogens is 1. The van der Waals surface area contributed by atoms with Gasteiger partial charge in [0.2, 0.25) is 5.91 Å². The smallest absolute Gasteiger partial charge is 0.254 e. The summed E-state index contributed by atoms with van der Waals surface area (Å²) in [6.07, 6.45) is 0.631. The third-order valence-electron chi connectivity index (χ3n) is 4.39. The lowest BCUT2D eigenvalue weighted by Crippen LogP contribution is -2.49. The van der Waals surface area contributed by atoms with Gasteiger partial charge in [-0.15, -0.1) is 0 Å². The van der Waals surface area contributed by atoms with Crippen molar-refractivity contribution in [3.63, 3.8) is 0 Å². The van der Waals surface area contributed by atoms with Crippen molar-refractivity contribution >= 4 is 11.8 Å². The van der Waals surface area contributed by atoms with Crippen LogP contribution < -0.4 is 10.5 Å². The summed E-state index contributed by atoms with van der Waals surface area (Å²) < 4.78 is 18.6. The fraction of sp³-hybridized carbons (Fsp3) is 0.263. The second kappa shape index (κ2) is 6.93. The van der Waals surface area contributed by atoms with E-state index in [1.54, 1.807) is 31.2 Å². The molecule has 0 aliphatic carbocycles. The zero-order valence-electron chi connectivity index (χ0n) is 13.9. The first kappa shape index (κ1) is 17.0. The van der Waals surface area contributed by atoms with Crippen LogP contribution in [0.25, 0.3) is 0 Å². The van der Waals surface area contributed by atoms with Crippen molar-refractivity contribution in [1.29, 1.82) is 0 Å². The molecule has 2 N–H and O–H groups in total. The van der Waals surface area contributed by atoms with E-state index in [0.717, 1.165) is 11.1 Å². The van der Waals surface area contributed by atoms with Gasteiger partial charge in [-0.2, -0.15) is 0 Å². The first-order chi connectivity index (χ1) is 12.0. The standard InChI is InChI=1S/C19H19FN2O3/c1-12(18(21)23)22-9-8-14-10-16(6-7-17(14)19(22)24)25-11-13-2-4-15(20)5-3-13/h2-7,10,12H,8-9,11H2,1H3,(H2,21,23)/t12-/m1/s1. The summed E-state index contributed by atoms with van der Waals surface area (Å²) >= 11 is 0. The molecule has 0 saturated heterocycles. The van der Waals surface area contributed by atoms with Gasteiger partial charge in [-0.3, -0.25) is 9.59 Å². The molecule has 0 unspecified atom stereocenters. The number of fused-ring (bicyclic) bond motifs is 1. The molecule has 1 atom stereocenters. The average Bonchev–Trinajstić information content (AvgIpc) is 2.61. The molecule has 2 aromatic rings. The molecule has 2 aromatic carbocycles. The van der Waals surface area contributed by atoms with Crippen LogP contribution in [0.15, 0.2) is 42.5 Å². The predicted molar refractivity (Wildman–Crippen MR) is 90.6 cm³/mol. The van der Waals surface area contributed by atoms with Crippen molar-refractivity contribution in [1.82, 2.24) is 4.90 Å². The summed E-state index contributed by atoms with van der Waals surface area (Å²) in [5.41, 5.74) is 7.61. The van der Waals surface area contributed by atoms with Crippen LogP contribution in [-0.2, 0) is 17.8 Å². The number of nitrogens with two attached hydrogens (primary N) is 1. The lowest BCUT2D eigenvalue weighted by Gasteiger charge is -2.32. The molecule has 130 valence electrons. The van der Waals surface area contributed by atoms with E-state index in [2.05, 4.69) is 0 Å². The number of hydrogen-bond donors (Lipinski definition) is 1. The van der Waals surface area contributed by atoms with Crippen molar-refractivity contribution < 1.29 is 18.7 Å². The third-order valence-corrected chi connectivity index (χ3v) is 4.39. The molecule has 6 heteroatoms. The zero-order chi connectivity index (χ0) is 18.0. The summed E-state index contributed by atoms with van der Waals surface area (Å²) in [5, 5.41) is 0. The van der Waals surface area contributed by atoms with E-state index in [-0.39, 0.29) is 11.7 Å². The van der Waals surface area contributed by atoms with Crippen LogP contribution in [0.3, 0.4) is 0 Å². The Balaban J connectivity index is 1.72. The summed E-state index contributed by atoms with van der Waals surface area (Å²) in [4.78, 5) is 25.4. The summed E-state index contributed by atoms with van der Waals surface area (Å²) in [5.74, 6) is -0.355. The summed E-state index contributed by atoms with van der Waals surface area (Å²) in [6.45, 7) is 2.39. The first-order valence-electron chi connectivity index (χ1n) is 8.06. The Bertz CT molecular complexity index is 805. The fourth-order valence-electron chi connectivity index (χ4n) is 2.84. The molecule has 1 aliphatic rings. The second-order valence-corrected chi connectivity index (χ2v) is 6.06. The minimum atomic E-state index is -0.630. The van der Waals surface area contributed by atoms with Crippen molar-refractivity contribution in [2.75, 3.05) is 6.54 Å². The highest BCUT2D eigenvalue weighted by atomic mass is 19.1. The maximum Gasteiger partial charge on any atom is 0.254 e. The Labute approximate surface area is 145 Å². The van der Waals surface area contributed by atoms with Gasteiger partial charge in [-0.1, -0.05) is 12.1 Å². The second-order valence-electron chi connectivity index (χ2n) is 6.06. The van der Waals surface area contributed by atoms with E-state index < -0.39 is 11.9 Å². The van der Waals surface area contributed by atoms with Crippen molar-refractivity contribution in [3.05, 3.63) is 65.0 Å². The highest BCUT2D eigenvalue weighted by molar-refractivity contribution is 5.99. The van der Waals surface area contributed by atoms with E-state index in [1.807, 2.05) is 6.07 Å². The van der Waals surface area contributed by atoms with Gasteiger partial charge in [0.05, 0.1) is 0 Å². The van der Waals surface area contributed by atoms with E-state index in [9.17, 15) is 14.0 Å². The molecule has 0 aromatic heterocycles. The van der Waals surface area contributed by atoms with E-state index in [0.29, 0.717) is 30.9 Å². The van der Waals surface area contributed by atoms with Crippen molar-refractivity contribution in [2.45, 2.75) is 26.0 Å². The Morgan fingerprint density at radius 1 is 1.28 bits per heavy atom. The Hall–Kier alpha value is -2.89. The topological polar surface area (TPSA) is 72.6 Å². The van der Waals surface area contributed by atoms with Gasteiger partial charge in [0.15, 0.2) is 0 Å². The van der Waals surface area contributed by atoms with E-state index >= 15 is 0 Å². The van der Waals surface area contributed by atoms with Gasteiger partial charge in [0.25, 0.3) is 5.91 Å². The van der Waals surface area contributed by atoms with Gasteiger partial charge in [0, 0.05) is 12.1 Å². The molecule has 2 amide bonds. The molecule has 5 nitrogen and oxygen atoms in total. The average molecular weight is 342 g/mol. The number of ether oxygens (including phenoxy) is 1. The Morgan fingerprint density at radius 3 is 2.68 bits per heavy atom. The predicted octanol–water partition coefficient (Wildman–Crippen LogP) is 2.28. The number of carbonyl (C=O) groups is 2. The van der Waals surface area contributed by atoms with Crippen molar-refractivity contribution in [3.8, 4) is 5.75 Å². The lowest BCUT2D eigenvalue weighted by atomic mass is 9.97. The number of nitrogens with zero attached hydrogens (tertiary/aromatic N) is 1. The van der Waals surface area contributed by atoms with Crippen LogP contribution in [0.1, 0.15) is 28.4 Å². The number of rotatable bonds is 5. The molecule has 25 heavy (non-hydrogen) atoms. The normalized spacial score (nSPS) is 14.8. The molecule has 0 radical (unpaired) electrons. The van der Waals surface area contributed by atoms with Crippen LogP contribution in [0.5, 0.6) is 5.75 Å². The molecule has 0 bridgehead atoms. The van der Waals surface area contributed by atoms with E-state index in [1.165, 1.54) is 17.0 Å². The highest BCUT2D eigenvalue weighted by Gasteiger charge is 2.30. The first-order valence-corrected chi connectivity index (χ1v) is 8.06. The third kappa shape index (κ3) is 3.63. The SMILES string of the molecule is C[C@H](C(N)=O)N1CCc2cc(OCc3ccc(F)cc3)ccc2C1=O. The molecular weight excluding hydrogens is 323 g/mol. The highest BCUT2D eigenvalue weighted by Crippen LogP contribution is 2.25. The minimum Gasteiger partial charge on any atom is -0.489 e. The maximum absolute atomic E-state index is 12.9. The van der Waals surface area contributed by atoms with Gasteiger partial charge >= 0.3 is 0 Å². The van der Waals surface area contributed by atoms with Gasteiger partial charge in [-0.05, 0) is 54.8 Å². The molecule has 1 aliphatic heterocycles. The van der Waals surface area contributed by atoms with Crippen LogP contribution in [0.4, 0.5) is 4.39 Å². The van der Waals surface area contributed by atoms with Crippen LogP contribution in [0.2, 0.25) is 0 Å². The number of carbonyl (C=O) groups excluding carboxylic acids is 2. The largest absolute Gasteiger partial charge is 0.489 e.